The number of nitrogens with two attached hydrogens (primary N) is 1. The molecule has 0 unspecified atom stereocenters. The highest BCUT2D eigenvalue weighted by Crippen LogP contribution is 2.14. The van der Waals surface area contributed by atoms with Crippen molar-refractivity contribution in [2.45, 2.75) is 9.79 Å². The minimum Gasteiger partial charge on any atom is -0.325 e. The van der Waals surface area contributed by atoms with E-state index in [0.717, 1.165) is 12.1 Å². The van der Waals surface area contributed by atoms with Crippen molar-refractivity contribution in [3.05, 3.63) is 54.3 Å². The number of hydrogen-bond donors (Lipinski definition) is 3. The molecule has 0 spiro atoms. The van der Waals surface area contributed by atoms with Gasteiger partial charge in [0.2, 0.25) is 26.0 Å². The van der Waals surface area contributed by atoms with E-state index in [-0.39, 0.29) is 10.6 Å². The summed E-state index contributed by atoms with van der Waals surface area (Å²) in [6, 6.07) is 9.72. The van der Waals surface area contributed by atoms with Crippen LogP contribution in [0.25, 0.3) is 0 Å². The standard InChI is InChI=1S/C14H14FN3O5S2/c15-12-3-1-2-4-13(12)25(22,23)17-9-14(19)18-10-5-7-11(8-6-10)24(16,20)21/h1-8,17H,9H2,(H,18,19)(H2,16,20,21). The Morgan fingerprint density at radius 3 is 2.16 bits per heavy atom. The lowest BCUT2D eigenvalue weighted by Gasteiger charge is -2.09. The van der Waals surface area contributed by atoms with E-state index in [4.69, 9.17) is 5.14 Å². The summed E-state index contributed by atoms with van der Waals surface area (Å²) in [5, 5.41) is 7.31. The van der Waals surface area contributed by atoms with E-state index < -0.39 is 43.2 Å². The number of nitrogens with one attached hydrogen (secondary N) is 2. The summed E-state index contributed by atoms with van der Waals surface area (Å²) >= 11 is 0. The quantitative estimate of drug-likeness (QED) is 0.659. The molecule has 2 aromatic rings. The molecule has 11 heteroatoms. The molecule has 0 atom stereocenters. The van der Waals surface area contributed by atoms with Gasteiger partial charge in [-0.3, -0.25) is 4.79 Å². The molecular weight excluding hydrogens is 373 g/mol. The molecule has 0 aromatic heterocycles. The minimum atomic E-state index is -4.19. The predicted molar refractivity (Wildman–Crippen MR) is 88.0 cm³/mol. The van der Waals surface area contributed by atoms with Gasteiger partial charge in [0.1, 0.15) is 10.7 Å². The largest absolute Gasteiger partial charge is 0.325 e. The monoisotopic (exact) mass is 387 g/mol. The molecule has 0 aliphatic heterocycles. The van der Waals surface area contributed by atoms with Crippen LogP contribution < -0.4 is 15.2 Å². The third kappa shape index (κ3) is 5.06. The molecule has 0 aliphatic carbocycles. The lowest BCUT2D eigenvalue weighted by atomic mass is 10.3. The van der Waals surface area contributed by atoms with Gasteiger partial charge < -0.3 is 5.32 Å². The van der Waals surface area contributed by atoms with E-state index >= 15 is 0 Å². The Morgan fingerprint density at radius 2 is 1.60 bits per heavy atom. The number of benzene rings is 2. The van der Waals surface area contributed by atoms with Gasteiger partial charge in [0, 0.05) is 5.69 Å². The van der Waals surface area contributed by atoms with E-state index in [1.807, 2.05) is 4.72 Å². The van der Waals surface area contributed by atoms with Crippen LogP contribution in [0, 0.1) is 5.82 Å². The molecule has 4 N–H and O–H groups in total. The van der Waals surface area contributed by atoms with Crippen molar-refractivity contribution in [3.8, 4) is 0 Å². The fourth-order valence-corrected chi connectivity index (χ4v) is 3.41. The second-order valence-corrected chi connectivity index (χ2v) is 8.17. The van der Waals surface area contributed by atoms with Crippen LogP contribution in [-0.4, -0.2) is 29.3 Å². The Labute approximate surface area is 144 Å². The highest BCUT2D eigenvalue weighted by Gasteiger charge is 2.19. The van der Waals surface area contributed by atoms with Gasteiger partial charge in [-0.1, -0.05) is 12.1 Å². The summed E-state index contributed by atoms with van der Waals surface area (Å²) in [5.41, 5.74) is 0.238. The highest BCUT2D eigenvalue weighted by atomic mass is 32.2. The Balaban J connectivity index is 2.00. The van der Waals surface area contributed by atoms with Crippen LogP contribution in [0.2, 0.25) is 0 Å². The van der Waals surface area contributed by atoms with Crippen molar-refractivity contribution < 1.29 is 26.0 Å². The first-order valence-corrected chi connectivity index (χ1v) is 9.79. The zero-order valence-electron chi connectivity index (χ0n) is 12.6. The summed E-state index contributed by atoms with van der Waals surface area (Å²) in [5.74, 6) is -1.66. The third-order valence-electron chi connectivity index (χ3n) is 3.02. The molecule has 0 saturated heterocycles. The first-order chi connectivity index (χ1) is 11.6. The van der Waals surface area contributed by atoms with Crippen LogP contribution in [0.15, 0.2) is 58.3 Å². The van der Waals surface area contributed by atoms with Gasteiger partial charge in [0.15, 0.2) is 0 Å². The molecule has 2 rings (SSSR count). The molecule has 2 aromatic carbocycles. The van der Waals surface area contributed by atoms with E-state index in [2.05, 4.69) is 5.32 Å². The summed E-state index contributed by atoms with van der Waals surface area (Å²) in [6.45, 7) is -0.631. The molecular formula is C14H14FN3O5S2. The number of carbonyl (C=O) groups excluding carboxylic acids is 1. The molecule has 0 radical (unpaired) electrons. The van der Waals surface area contributed by atoms with Crippen molar-refractivity contribution in [1.29, 1.82) is 0 Å². The number of carbonyl (C=O) groups is 1. The van der Waals surface area contributed by atoms with E-state index in [9.17, 15) is 26.0 Å². The minimum absolute atomic E-state index is 0.134. The van der Waals surface area contributed by atoms with Crippen molar-refractivity contribution in [2.75, 3.05) is 11.9 Å². The van der Waals surface area contributed by atoms with Gasteiger partial charge in [-0.25, -0.2) is 31.1 Å². The van der Waals surface area contributed by atoms with Gasteiger partial charge in [0.05, 0.1) is 11.4 Å². The Morgan fingerprint density at radius 1 is 1.00 bits per heavy atom. The Bertz CT molecular complexity index is 989. The number of amides is 1. The first kappa shape index (κ1) is 19.0. The number of primary sulfonamides is 1. The average Bonchev–Trinajstić information content (AvgIpc) is 2.53. The SMILES string of the molecule is NS(=O)(=O)c1ccc(NC(=O)CNS(=O)(=O)c2ccccc2F)cc1. The van der Waals surface area contributed by atoms with Gasteiger partial charge in [-0.2, -0.15) is 0 Å². The van der Waals surface area contributed by atoms with E-state index in [0.29, 0.717) is 0 Å². The molecule has 134 valence electrons. The zero-order chi connectivity index (χ0) is 18.7. The van der Waals surface area contributed by atoms with Gasteiger partial charge in [-0.05, 0) is 36.4 Å². The number of halogens is 1. The van der Waals surface area contributed by atoms with Crippen molar-refractivity contribution in [1.82, 2.24) is 4.72 Å². The number of rotatable bonds is 6. The average molecular weight is 387 g/mol. The summed E-state index contributed by atoms with van der Waals surface area (Å²) < 4.78 is 61.6. The Hall–Kier alpha value is -2.34. The van der Waals surface area contributed by atoms with Crippen molar-refractivity contribution in [3.63, 3.8) is 0 Å². The Kier molecular flexibility index (Phi) is 5.52. The second kappa shape index (κ2) is 7.27. The molecule has 25 heavy (non-hydrogen) atoms. The molecule has 0 aliphatic rings. The van der Waals surface area contributed by atoms with Crippen molar-refractivity contribution >= 4 is 31.6 Å². The van der Waals surface area contributed by atoms with Gasteiger partial charge in [0.25, 0.3) is 0 Å². The topological polar surface area (TPSA) is 135 Å². The summed E-state index contributed by atoms with van der Waals surface area (Å²) in [4.78, 5) is 11.1. The maximum absolute atomic E-state index is 13.5. The molecule has 8 nitrogen and oxygen atoms in total. The number of anilines is 1. The predicted octanol–water partition coefficient (Wildman–Crippen LogP) is 0.390. The van der Waals surface area contributed by atoms with E-state index in [1.165, 1.54) is 36.4 Å². The molecule has 1 amide bonds. The van der Waals surface area contributed by atoms with Crippen LogP contribution in [0.5, 0.6) is 0 Å². The summed E-state index contributed by atoms with van der Waals surface area (Å²) in [6.07, 6.45) is 0. The maximum Gasteiger partial charge on any atom is 0.243 e. The first-order valence-electron chi connectivity index (χ1n) is 6.76. The molecule has 0 saturated carbocycles. The molecule has 0 heterocycles. The number of sulfonamides is 2. The van der Waals surface area contributed by atoms with Gasteiger partial charge >= 0.3 is 0 Å². The lowest BCUT2D eigenvalue weighted by Crippen LogP contribution is -2.33. The third-order valence-corrected chi connectivity index (χ3v) is 5.38. The normalized spacial score (nSPS) is 11.9. The van der Waals surface area contributed by atoms with Crippen LogP contribution in [0.1, 0.15) is 0 Å². The van der Waals surface area contributed by atoms with E-state index in [1.54, 1.807) is 0 Å². The maximum atomic E-state index is 13.5. The van der Waals surface area contributed by atoms with Crippen LogP contribution in [-0.2, 0) is 24.8 Å². The van der Waals surface area contributed by atoms with Crippen LogP contribution in [0.4, 0.5) is 10.1 Å². The molecule has 0 fully saturated rings. The van der Waals surface area contributed by atoms with Crippen LogP contribution in [0.3, 0.4) is 0 Å². The van der Waals surface area contributed by atoms with Crippen LogP contribution >= 0.6 is 0 Å². The number of hydrogen-bond acceptors (Lipinski definition) is 5. The fourth-order valence-electron chi connectivity index (χ4n) is 1.83. The van der Waals surface area contributed by atoms with Gasteiger partial charge in [-0.15, -0.1) is 0 Å². The lowest BCUT2D eigenvalue weighted by molar-refractivity contribution is -0.115. The smallest absolute Gasteiger partial charge is 0.243 e. The van der Waals surface area contributed by atoms with Crippen molar-refractivity contribution in [2.24, 2.45) is 5.14 Å². The molecule has 0 bridgehead atoms. The summed E-state index contributed by atoms with van der Waals surface area (Å²) in [7, 11) is -8.04. The fraction of sp³-hybridized carbons (Fsp3) is 0.0714. The second-order valence-electron chi connectivity index (χ2n) is 4.87. The zero-order valence-corrected chi connectivity index (χ0v) is 14.3. The highest BCUT2D eigenvalue weighted by molar-refractivity contribution is 7.89.